The number of nitrogens with zero attached hydrogens (tertiary/aromatic N) is 3. The lowest BCUT2D eigenvalue weighted by molar-refractivity contribution is 0.687. The molecular formula is C13H18N4. The lowest BCUT2D eigenvalue weighted by Crippen LogP contribution is -2.10. The van der Waals surface area contributed by atoms with Crippen molar-refractivity contribution in [2.24, 2.45) is 5.73 Å². The zero-order valence-corrected chi connectivity index (χ0v) is 10.1. The molecular weight excluding hydrogens is 212 g/mol. The average Bonchev–Trinajstić information content (AvgIpc) is 2.78. The van der Waals surface area contributed by atoms with Crippen molar-refractivity contribution >= 4 is 0 Å². The Morgan fingerprint density at radius 2 is 2.18 bits per heavy atom. The molecule has 2 aromatic rings. The summed E-state index contributed by atoms with van der Waals surface area (Å²) < 4.78 is 2.14. The smallest absolute Gasteiger partial charge is 0.108 e. The Morgan fingerprint density at radius 3 is 2.94 bits per heavy atom. The molecule has 0 bridgehead atoms. The van der Waals surface area contributed by atoms with E-state index in [1.165, 1.54) is 0 Å². The number of hydrogen-bond acceptors (Lipinski definition) is 3. The van der Waals surface area contributed by atoms with Crippen LogP contribution in [-0.2, 0) is 19.5 Å². The standard InChI is InChI=1S/C13H18N4/c1-2-4-13-16-7-8-17(13)10-12-11(9-14)5-3-6-15-12/h3,5-8H,2,4,9-10,14H2,1H3. The van der Waals surface area contributed by atoms with E-state index in [-0.39, 0.29) is 0 Å². The van der Waals surface area contributed by atoms with Crippen molar-refractivity contribution in [2.75, 3.05) is 0 Å². The van der Waals surface area contributed by atoms with Crippen molar-refractivity contribution in [3.8, 4) is 0 Å². The summed E-state index contributed by atoms with van der Waals surface area (Å²) >= 11 is 0. The van der Waals surface area contributed by atoms with Crippen LogP contribution in [0.4, 0.5) is 0 Å². The maximum atomic E-state index is 5.71. The van der Waals surface area contributed by atoms with Gasteiger partial charge in [-0.3, -0.25) is 4.98 Å². The summed E-state index contributed by atoms with van der Waals surface area (Å²) in [5.41, 5.74) is 7.84. The Morgan fingerprint density at radius 1 is 1.29 bits per heavy atom. The molecule has 4 heteroatoms. The number of rotatable bonds is 5. The van der Waals surface area contributed by atoms with Crippen molar-refractivity contribution in [3.63, 3.8) is 0 Å². The van der Waals surface area contributed by atoms with Gasteiger partial charge in [0, 0.05) is 31.6 Å². The number of hydrogen-bond donors (Lipinski definition) is 1. The van der Waals surface area contributed by atoms with E-state index in [0.717, 1.165) is 36.5 Å². The van der Waals surface area contributed by atoms with Gasteiger partial charge >= 0.3 is 0 Å². The van der Waals surface area contributed by atoms with Crippen molar-refractivity contribution in [1.29, 1.82) is 0 Å². The quantitative estimate of drug-likeness (QED) is 0.851. The predicted octanol–water partition coefficient (Wildman–Crippen LogP) is 1.74. The van der Waals surface area contributed by atoms with E-state index in [2.05, 4.69) is 21.5 Å². The van der Waals surface area contributed by atoms with Gasteiger partial charge < -0.3 is 10.3 Å². The summed E-state index contributed by atoms with van der Waals surface area (Å²) in [4.78, 5) is 8.76. The molecule has 2 N–H and O–H groups in total. The third-order valence-corrected chi connectivity index (χ3v) is 2.80. The average molecular weight is 230 g/mol. The number of aromatic nitrogens is 3. The van der Waals surface area contributed by atoms with E-state index in [4.69, 9.17) is 5.73 Å². The van der Waals surface area contributed by atoms with Gasteiger partial charge in [-0.25, -0.2) is 4.98 Å². The fraction of sp³-hybridized carbons (Fsp3) is 0.385. The number of pyridine rings is 1. The molecule has 0 aliphatic carbocycles. The first-order valence-corrected chi connectivity index (χ1v) is 5.98. The molecule has 0 saturated carbocycles. The van der Waals surface area contributed by atoms with E-state index in [0.29, 0.717) is 6.54 Å². The third kappa shape index (κ3) is 2.71. The Bertz CT molecular complexity index is 476. The van der Waals surface area contributed by atoms with Crippen LogP contribution in [0.25, 0.3) is 0 Å². The van der Waals surface area contributed by atoms with Crippen LogP contribution in [0.5, 0.6) is 0 Å². The lowest BCUT2D eigenvalue weighted by Gasteiger charge is -2.09. The second kappa shape index (κ2) is 5.59. The van der Waals surface area contributed by atoms with Gasteiger partial charge in [-0.1, -0.05) is 13.0 Å². The molecule has 0 atom stereocenters. The number of nitrogens with two attached hydrogens (primary N) is 1. The molecule has 2 rings (SSSR count). The van der Waals surface area contributed by atoms with Crippen LogP contribution in [0.1, 0.15) is 30.4 Å². The molecule has 0 amide bonds. The van der Waals surface area contributed by atoms with Crippen molar-refractivity contribution < 1.29 is 0 Å². The summed E-state index contributed by atoms with van der Waals surface area (Å²) in [5, 5.41) is 0. The zero-order chi connectivity index (χ0) is 12.1. The monoisotopic (exact) mass is 230 g/mol. The summed E-state index contributed by atoms with van der Waals surface area (Å²) in [5.74, 6) is 1.11. The summed E-state index contributed by atoms with van der Waals surface area (Å²) in [6, 6.07) is 3.95. The van der Waals surface area contributed by atoms with Crippen LogP contribution in [0.3, 0.4) is 0 Å². The SMILES string of the molecule is CCCc1nccn1Cc1ncccc1CN. The Labute approximate surface area is 102 Å². The molecule has 90 valence electrons. The molecule has 2 heterocycles. The van der Waals surface area contributed by atoms with Crippen LogP contribution in [0.15, 0.2) is 30.7 Å². The van der Waals surface area contributed by atoms with Crippen LogP contribution >= 0.6 is 0 Å². The summed E-state index contributed by atoms with van der Waals surface area (Å²) in [7, 11) is 0. The topological polar surface area (TPSA) is 56.7 Å². The van der Waals surface area contributed by atoms with Crippen LogP contribution < -0.4 is 5.73 Å². The molecule has 0 aliphatic heterocycles. The van der Waals surface area contributed by atoms with Gasteiger partial charge in [-0.2, -0.15) is 0 Å². The van der Waals surface area contributed by atoms with E-state index in [9.17, 15) is 0 Å². The molecule has 2 aromatic heterocycles. The van der Waals surface area contributed by atoms with Crippen molar-refractivity contribution in [1.82, 2.24) is 14.5 Å². The molecule has 0 unspecified atom stereocenters. The minimum Gasteiger partial charge on any atom is -0.329 e. The van der Waals surface area contributed by atoms with Crippen LogP contribution in [-0.4, -0.2) is 14.5 Å². The van der Waals surface area contributed by atoms with Gasteiger partial charge in [0.25, 0.3) is 0 Å². The van der Waals surface area contributed by atoms with Crippen molar-refractivity contribution in [3.05, 3.63) is 47.8 Å². The van der Waals surface area contributed by atoms with E-state index in [1.807, 2.05) is 30.7 Å². The lowest BCUT2D eigenvalue weighted by atomic mass is 10.2. The third-order valence-electron chi connectivity index (χ3n) is 2.80. The summed E-state index contributed by atoms with van der Waals surface area (Å²) in [6.07, 6.45) is 7.75. The van der Waals surface area contributed by atoms with Crippen LogP contribution in [0, 0.1) is 0 Å². The van der Waals surface area contributed by atoms with E-state index >= 15 is 0 Å². The maximum absolute atomic E-state index is 5.71. The normalized spacial score (nSPS) is 10.7. The van der Waals surface area contributed by atoms with Gasteiger partial charge in [-0.15, -0.1) is 0 Å². The second-order valence-corrected chi connectivity index (χ2v) is 4.03. The largest absolute Gasteiger partial charge is 0.329 e. The Balaban J connectivity index is 2.22. The maximum Gasteiger partial charge on any atom is 0.108 e. The summed E-state index contributed by atoms with van der Waals surface area (Å²) in [6.45, 7) is 3.44. The molecule has 0 aromatic carbocycles. The highest BCUT2D eigenvalue weighted by molar-refractivity contribution is 5.20. The van der Waals surface area contributed by atoms with Gasteiger partial charge in [0.1, 0.15) is 5.82 Å². The van der Waals surface area contributed by atoms with Gasteiger partial charge in [0.05, 0.1) is 12.2 Å². The highest BCUT2D eigenvalue weighted by atomic mass is 15.1. The number of imidazole rings is 1. The number of aryl methyl sites for hydroxylation is 1. The molecule has 0 aliphatic rings. The minimum absolute atomic E-state index is 0.529. The fourth-order valence-electron chi connectivity index (χ4n) is 1.90. The van der Waals surface area contributed by atoms with E-state index in [1.54, 1.807) is 0 Å². The fourth-order valence-corrected chi connectivity index (χ4v) is 1.90. The molecule has 0 radical (unpaired) electrons. The second-order valence-electron chi connectivity index (χ2n) is 4.03. The molecule has 4 nitrogen and oxygen atoms in total. The van der Waals surface area contributed by atoms with Gasteiger partial charge in [0.15, 0.2) is 0 Å². The van der Waals surface area contributed by atoms with Crippen molar-refractivity contribution in [2.45, 2.75) is 32.9 Å². The zero-order valence-electron chi connectivity index (χ0n) is 10.1. The van der Waals surface area contributed by atoms with Crippen LogP contribution in [0.2, 0.25) is 0 Å². The Kier molecular flexibility index (Phi) is 3.88. The Hall–Kier alpha value is -1.68. The first kappa shape index (κ1) is 11.8. The van der Waals surface area contributed by atoms with Gasteiger partial charge in [-0.05, 0) is 18.1 Å². The molecule has 17 heavy (non-hydrogen) atoms. The predicted molar refractivity (Wildman–Crippen MR) is 67.5 cm³/mol. The first-order chi connectivity index (χ1) is 8.35. The molecule has 0 saturated heterocycles. The highest BCUT2D eigenvalue weighted by Gasteiger charge is 2.06. The first-order valence-electron chi connectivity index (χ1n) is 5.98. The highest BCUT2D eigenvalue weighted by Crippen LogP contribution is 2.09. The molecule has 0 fully saturated rings. The van der Waals surface area contributed by atoms with E-state index < -0.39 is 0 Å². The minimum atomic E-state index is 0.529. The van der Waals surface area contributed by atoms with Gasteiger partial charge in [0.2, 0.25) is 0 Å². The molecule has 0 spiro atoms.